The van der Waals surface area contributed by atoms with Gasteiger partial charge in [-0.05, 0) is 96.0 Å². The number of nitrogens with one attached hydrogen (secondary N) is 2. The molecule has 0 heterocycles. The lowest BCUT2D eigenvalue weighted by atomic mass is 9.98. The average molecular weight is 494 g/mol. The van der Waals surface area contributed by atoms with Crippen molar-refractivity contribution < 1.29 is 19.1 Å². The normalized spacial score (nSPS) is 15.0. The Balaban J connectivity index is 1.97. The Labute approximate surface area is 214 Å². The van der Waals surface area contributed by atoms with Crippen LogP contribution in [0.15, 0.2) is 36.4 Å². The number of benzene rings is 2. The maximum absolute atomic E-state index is 13.9. The zero-order valence-electron chi connectivity index (χ0n) is 22.7. The Kier molecular flexibility index (Phi) is 8.12. The van der Waals surface area contributed by atoms with Crippen LogP contribution < -0.4 is 10.6 Å². The van der Waals surface area contributed by atoms with Gasteiger partial charge in [-0.25, -0.2) is 4.79 Å². The largest absolute Gasteiger partial charge is 0.444 e. The molecular weight excluding hydrogens is 454 g/mol. The van der Waals surface area contributed by atoms with Crippen LogP contribution in [0.25, 0.3) is 0 Å². The van der Waals surface area contributed by atoms with E-state index in [1.54, 1.807) is 32.6 Å². The predicted octanol–water partition coefficient (Wildman–Crippen LogP) is 5.50. The second-order valence-corrected chi connectivity index (χ2v) is 10.8. The van der Waals surface area contributed by atoms with E-state index in [0.29, 0.717) is 0 Å². The van der Waals surface area contributed by atoms with Crippen LogP contribution in [-0.2, 0) is 14.3 Å². The van der Waals surface area contributed by atoms with Crippen LogP contribution in [0.3, 0.4) is 0 Å². The number of hydrogen-bond donors (Lipinski definition) is 2. The number of hydrogen-bond acceptors (Lipinski definition) is 4. The molecule has 2 atom stereocenters. The quantitative estimate of drug-likeness (QED) is 0.533. The Morgan fingerprint density at radius 1 is 0.944 bits per heavy atom. The van der Waals surface area contributed by atoms with E-state index in [-0.39, 0.29) is 17.9 Å². The second kappa shape index (κ2) is 10.7. The molecule has 0 saturated heterocycles. The Hall–Kier alpha value is -3.35. The minimum atomic E-state index is -0.859. The summed E-state index contributed by atoms with van der Waals surface area (Å²) >= 11 is 0. The van der Waals surface area contributed by atoms with Gasteiger partial charge < -0.3 is 20.3 Å². The van der Waals surface area contributed by atoms with Gasteiger partial charge in [0.1, 0.15) is 17.7 Å². The van der Waals surface area contributed by atoms with Crippen molar-refractivity contribution in [2.75, 3.05) is 5.32 Å². The molecule has 2 unspecified atom stereocenters. The van der Waals surface area contributed by atoms with Gasteiger partial charge in [-0.1, -0.05) is 36.4 Å². The SMILES string of the molecule is Cc1ccc(C(C(=O)Nc2c(C)cccc2C)N(C(=O)C(C)NC(=O)OC(C)(C)C)C2CC2)cc1C. The smallest absolute Gasteiger partial charge is 0.408 e. The van der Waals surface area contributed by atoms with E-state index in [9.17, 15) is 14.4 Å². The standard InChI is InChI=1S/C29H39N3O4/c1-17-12-13-22(16-20(17)4)25(26(33)31-24-18(2)10-9-11-19(24)3)32(23-14-15-23)27(34)21(5)30-28(35)36-29(6,7)8/h9-13,16,21,23,25H,14-15H2,1-8H3,(H,30,35)(H,31,33). The fraction of sp³-hybridized carbons (Fsp3) is 0.483. The van der Waals surface area contributed by atoms with Crippen LogP contribution in [0.5, 0.6) is 0 Å². The topological polar surface area (TPSA) is 87.7 Å². The predicted molar refractivity (Wildman–Crippen MR) is 142 cm³/mol. The molecule has 0 aliphatic heterocycles. The van der Waals surface area contributed by atoms with Crippen molar-refractivity contribution in [1.82, 2.24) is 10.2 Å². The molecule has 3 rings (SSSR count). The molecule has 2 N–H and O–H groups in total. The molecule has 0 radical (unpaired) electrons. The zero-order valence-corrected chi connectivity index (χ0v) is 22.7. The van der Waals surface area contributed by atoms with Crippen molar-refractivity contribution in [3.63, 3.8) is 0 Å². The highest BCUT2D eigenvalue weighted by molar-refractivity contribution is 6.00. The molecule has 7 heteroatoms. The van der Waals surface area contributed by atoms with Crippen molar-refractivity contribution in [2.24, 2.45) is 0 Å². The van der Waals surface area contributed by atoms with Gasteiger partial charge in [-0.3, -0.25) is 9.59 Å². The maximum atomic E-state index is 13.9. The van der Waals surface area contributed by atoms with Crippen LogP contribution in [-0.4, -0.2) is 40.5 Å². The molecule has 1 aliphatic carbocycles. The first kappa shape index (κ1) is 27.2. The monoisotopic (exact) mass is 493 g/mol. The van der Waals surface area contributed by atoms with Gasteiger partial charge >= 0.3 is 6.09 Å². The molecule has 194 valence electrons. The van der Waals surface area contributed by atoms with Gasteiger partial charge in [-0.2, -0.15) is 0 Å². The number of para-hydroxylation sites is 1. The minimum absolute atomic E-state index is 0.0734. The third kappa shape index (κ3) is 6.65. The number of anilines is 1. The molecule has 0 spiro atoms. The van der Waals surface area contributed by atoms with E-state index >= 15 is 0 Å². The number of rotatable bonds is 7. The summed E-state index contributed by atoms with van der Waals surface area (Å²) in [4.78, 5) is 41.7. The summed E-state index contributed by atoms with van der Waals surface area (Å²) in [5.41, 5.74) is 4.86. The number of carbonyl (C=O) groups is 3. The number of alkyl carbamates (subject to hydrolysis) is 1. The van der Waals surface area contributed by atoms with E-state index in [4.69, 9.17) is 4.74 Å². The Morgan fingerprint density at radius 2 is 1.56 bits per heavy atom. The van der Waals surface area contributed by atoms with Crippen molar-refractivity contribution in [2.45, 2.75) is 92.0 Å². The first-order valence-electron chi connectivity index (χ1n) is 12.5. The summed E-state index contributed by atoms with van der Waals surface area (Å²) < 4.78 is 5.34. The minimum Gasteiger partial charge on any atom is -0.444 e. The fourth-order valence-corrected chi connectivity index (χ4v) is 4.22. The third-order valence-electron chi connectivity index (χ3n) is 6.40. The molecule has 2 aromatic carbocycles. The Bertz CT molecular complexity index is 1130. The molecule has 1 aliphatic rings. The number of amides is 3. The van der Waals surface area contributed by atoms with E-state index in [1.807, 2.05) is 64.1 Å². The van der Waals surface area contributed by atoms with Crippen LogP contribution in [0.2, 0.25) is 0 Å². The van der Waals surface area contributed by atoms with Crippen LogP contribution >= 0.6 is 0 Å². The molecule has 1 saturated carbocycles. The number of carbonyl (C=O) groups excluding carboxylic acids is 3. The molecule has 3 amide bonds. The summed E-state index contributed by atoms with van der Waals surface area (Å²) in [7, 11) is 0. The van der Waals surface area contributed by atoms with Crippen molar-refractivity contribution in [1.29, 1.82) is 0 Å². The van der Waals surface area contributed by atoms with Gasteiger partial charge in [0.15, 0.2) is 0 Å². The van der Waals surface area contributed by atoms with E-state index in [2.05, 4.69) is 10.6 Å². The van der Waals surface area contributed by atoms with Crippen LogP contribution in [0.1, 0.15) is 74.4 Å². The van der Waals surface area contributed by atoms with Gasteiger partial charge in [0.05, 0.1) is 0 Å². The number of aryl methyl sites for hydroxylation is 4. The summed E-state index contributed by atoms with van der Waals surface area (Å²) in [6.07, 6.45) is 0.952. The first-order chi connectivity index (χ1) is 16.8. The molecule has 2 aromatic rings. The average Bonchev–Trinajstić information content (AvgIpc) is 3.59. The van der Waals surface area contributed by atoms with Gasteiger partial charge in [0, 0.05) is 11.7 Å². The fourth-order valence-electron chi connectivity index (χ4n) is 4.22. The summed E-state index contributed by atoms with van der Waals surface area (Å²) in [5, 5.41) is 5.74. The Morgan fingerprint density at radius 3 is 2.08 bits per heavy atom. The van der Waals surface area contributed by atoms with E-state index in [1.165, 1.54) is 0 Å². The van der Waals surface area contributed by atoms with Gasteiger partial charge in [0.2, 0.25) is 5.91 Å². The number of nitrogens with zero attached hydrogens (tertiary/aromatic N) is 1. The van der Waals surface area contributed by atoms with Crippen molar-refractivity contribution >= 4 is 23.6 Å². The highest BCUT2D eigenvalue weighted by Gasteiger charge is 2.43. The van der Waals surface area contributed by atoms with Crippen molar-refractivity contribution in [3.05, 3.63) is 64.2 Å². The maximum Gasteiger partial charge on any atom is 0.408 e. The molecule has 0 aromatic heterocycles. The highest BCUT2D eigenvalue weighted by Crippen LogP contribution is 2.37. The van der Waals surface area contributed by atoms with Gasteiger partial charge in [-0.15, -0.1) is 0 Å². The first-order valence-corrected chi connectivity index (χ1v) is 12.5. The summed E-state index contributed by atoms with van der Waals surface area (Å²) in [6, 6.07) is 9.93. The molecule has 36 heavy (non-hydrogen) atoms. The lowest BCUT2D eigenvalue weighted by molar-refractivity contribution is -0.141. The zero-order chi connectivity index (χ0) is 26.8. The summed E-state index contributed by atoms with van der Waals surface area (Å²) in [6.45, 7) is 14.8. The molecule has 1 fully saturated rings. The second-order valence-electron chi connectivity index (χ2n) is 10.8. The number of ether oxygens (including phenoxy) is 1. The molecule has 7 nitrogen and oxygen atoms in total. The van der Waals surface area contributed by atoms with E-state index < -0.39 is 23.8 Å². The van der Waals surface area contributed by atoms with Gasteiger partial charge in [0.25, 0.3) is 5.91 Å². The highest BCUT2D eigenvalue weighted by atomic mass is 16.6. The van der Waals surface area contributed by atoms with Crippen LogP contribution in [0.4, 0.5) is 10.5 Å². The van der Waals surface area contributed by atoms with Crippen LogP contribution in [0, 0.1) is 27.7 Å². The molecular formula is C29H39N3O4. The lowest BCUT2D eigenvalue weighted by Crippen LogP contribution is -2.52. The molecule has 0 bridgehead atoms. The third-order valence-corrected chi connectivity index (χ3v) is 6.40. The summed E-state index contributed by atoms with van der Waals surface area (Å²) in [5.74, 6) is -0.594. The van der Waals surface area contributed by atoms with E-state index in [0.717, 1.165) is 46.3 Å². The lowest BCUT2D eigenvalue weighted by Gasteiger charge is -2.34. The van der Waals surface area contributed by atoms with Crippen molar-refractivity contribution in [3.8, 4) is 0 Å².